The fraction of sp³-hybridized carbons (Fsp3) is 0.105. The molecule has 2 aromatic carbocycles. The van der Waals surface area contributed by atoms with Crippen LogP contribution in [0, 0.1) is 0 Å². The van der Waals surface area contributed by atoms with Crippen LogP contribution in [0.1, 0.15) is 17.3 Å². The van der Waals surface area contributed by atoms with Gasteiger partial charge in [-0.15, -0.1) is 10.2 Å². The van der Waals surface area contributed by atoms with Crippen LogP contribution in [0.5, 0.6) is 0 Å². The molecule has 0 fully saturated rings. The second-order valence-electron chi connectivity index (χ2n) is 6.19. The first-order valence-electron chi connectivity index (χ1n) is 9.09. The molecule has 2 heterocycles. The van der Waals surface area contributed by atoms with Crippen molar-refractivity contribution in [3.8, 4) is 11.6 Å². The Kier molecular flexibility index (Phi) is 5.73. The van der Waals surface area contributed by atoms with E-state index in [0.29, 0.717) is 11.4 Å². The zero-order chi connectivity index (χ0) is 21.8. The van der Waals surface area contributed by atoms with Gasteiger partial charge in [0.2, 0.25) is 0 Å². The molecule has 158 valence electrons. The predicted molar refractivity (Wildman–Crippen MR) is 114 cm³/mol. The van der Waals surface area contributed by atoms with E-state index in [-0.39, 0.29) is 28.9 Å². The van der Waals surface area contributed by atoms with E-state index in [2.05, 4.69) is 25.1 Å². The molecule has 0 unspecified atom stereocenters. The van der Waals surface area contributed by atoms with Crippen LogP contribution in [-0.4, -0.2) is 40.7 Å². The molecular weight excluding hydrogens is 440 g/mol. The van der Waals surface area contributed by atoms with E-state index in [0.717, 1.165) is 11.5 Å². The zero-order valence-electron chi connectivity index (χ0n) is 16.2. The van der Waals surface area contributed by atoms with Gasteiger partial charge in [-0.25, -0.2) is 8.42 Å². The smallest absolute Gasteiger partial charge is 0.322 e. The third-order valence-corrected chi connectivity index (χ3v) is 6.68. The lowest BCUT2D eigenvalue weighted by molar-refractivity contribution is 0.102. The van der Waals surface area contributed by atoms with E-state index in [9.17, 15) is 13.2 Å². The molecule has 0 bridgehead atoms. The Morgan fingerprint density at radius 2 is 1.81 bits per heavy atom. The van der Waals surface area contributed by atoms with Crippen molar-refractivity contribution < 1.29 is 17.6 Å². The summed E-state index contributed by atoms with van der Waals surface area (Å²) < 4.78 is 36.4. The first kappa shape index (κ1) is 20.6. The number of hydrogen-bond acceptors (Lipinski definition) is 9. The van der Waals surface area contributed by atoms with Crippen molar-refractivity contribution in [1.82, 2.24) is 19.8 Å². The molecule has 12 heteroatoms. The predicted octanol–water partition coefficient (Wildman–Crippen LogP) is 3.06. The maximum absolute atomic E-state index is 13.0. The number of carbonyl (C=O) groups excluding carboxylic acids is 1. The molecule has 0 saturated heterocycles. The number of sulfonamides is 1. The summed E-state index contributed by atoms with van der Waals surface area (Å²) in [4.78, 5) is 12.5. The molecule has 4 rings (SSSR count). The van der Waals surface area contributed by atoms with Crippen molar-refractivity contribution in [2.24, 2.45) is 0 Å². The number of para-hydroxylation sites is 1. The van der Waals surface area contributed by atoms with E-state index in [1.165, 1.54) is 28.6 Å². The molecule has 31 heavy (non-hydrogen) atoms. The number of benzene rings is 2. The Hall–Kier alpha value is -3.64. The highest BCUT2D eigenvalue weighted by Crippen LogP contribution is 2.24. The zero-order valence-corrected chi connectivity index (χ0v) is 17.8. The molecule has 0 radical (unpaired) electrons. The van der Waals surface area contributed by atoms with Crippen molar-refractivity contribution in [1.29, 1.82) is 0 Å². The maximum atomic E-state index is 13.0. The second kappa shape index (κ2) is 8.62. The van der Waals surface area contributed by atoms with Gasteiger partial charge in [0.25, 0.3) is 21.8 Å². The van der Waals surface area contributed by atoms with Gasteiger partial charge < -0.3 is 4.42 Å². The molecule has 1 amide bonds. The third-order valence-electron chi connectivity index (χ3n) is 4.26. The molecule has 2 aromatic heterocycles. The number of amides is 1. The minimum absolute atomic E-state index is 0.0749. The van der Waals surface area contributed by atoms with Gasteiger partial charge in [0.05, 0.1) is 10.6 Å². The highest BCUT2D eigenvalue weighted by atomic mass is 32.2. The molecular formula is C19H16N6O4S2. The Morgan fingerprint density at radius 3 is 2.45 bits per heavy atom. The Bertz CT molecular complexity index is 1270. The lowest BCUT2D eigenvalue weighted by atomic mass is 10.2. The standard InChI is InChI=1S/C19H16N6O4S2/c1-2-25(14-6-4-3-5-7-14)31(27,28)15-10-8-13(9-11-15)17(26)20-19-23-22-18(29-19)16-12-30-24-21-16/h3-12H,2H2,1H3,(H,20,23,26). The van der Waals surface area contributed by atoms with Crippen molar-refractivity contribution in [3.05, 3.63) is 65.5 Å². The van der Waals surface area contributed by atoms with Crippen LogP contribution in [-0.2, 0) is 10.0 Å². The van der Waals surface area contributed by atoms with E-state index in [1.807, 2.05) is 6.07 Å². The summed E-state index contributed by atoms with van der Waals surface area (Å²) in [5, 5.41) is 15.5. The summed E-state index contributed by atoms with van der Waals surface area (Å²) >= 11 is 1.13. The molecule has 0 aliphatic carbocycles. The van der Waals surface area contributed by atoms with Gasteiger partial charge in [-0.2, -0.15) is 0 Å². The quantitative estimate of drug-likeness (QED) is 0.449. The summed E-state index contributed by atoms with van der Waals surface area (Å²) in [6.45, 7) is 2.02. The topological polar surface area (TPSA) is 131 Å². The lowest BCUT2D eigenvalue weighted by Crippen LogP contribution is -2.30. The summed E-state index contributed by atoms with van der Waals surface area (Å²) in [6.07, 6.45) is 0. The van der Waals surface area contributed by atoms with Crippen LogP contribution in [0.15, 0.2) is 69.3 Å². The first-order chi connectivity index (χ1) is 15.0. The molecule has 0 spiro atoms. The summed E-state index contributed by atoms with van der Waals surface area (Å²) in [7, 11) is -3.78. The summed E-state index contributed by atoms with van der Waals surface area (Å²) in [5.41, 5.74) is 1.21. The fourth-order valence-electron chi connectivity index (χ4n) is 2.80. The maximum Gasteiger partial charge on any atom is 0.322 e. The van der Waals surface area contributed by atoms with Crippen molar-refractivity contribution in [2.45, 2.75) is 11.8 Å². The average molecular weight is 457 g/mol. The monoisotopic (exact) mass is 456 g/mol. The number of anilines is 2. The van der Waals surface area contributed by atoms with Gasteiger partial charge in [-0.05, 0) is 54.9 Å². The Labute approximate surface area is 181 Å². The number of hydrogen-bond donors (Lipinski definition) is 1. The molecule has 0 atom stereocenters. The van der Waals surface area contributed by atoms with Gasteiger partial charge in [0.1, 0.15) is 0 Å². The Morgan fingerprint density at radius 1 is 1.06 bits per heavy atom. The highest BCUT2D eigenvalue weighted by molar-refractivity contribution is 7.92. The molecule has 10 nitrogen and oxygen atoms in total. The SMILES string of the molecule is CCN(c1ccccc1)S(=O)(=O)c1ccc(C(=O)Nc2nnc(-c3csnn3)o2)cc1. The van der Waals surface area contributed by atoms with Gasteiger partial charge in [-0.3, -0.25) is 14.4 Å². The van der Waals surface area contributed by atoms with E-state index < -0.39 is 15.9 Å². The molecule has 0 aliphatic heterocycles. The number of rotatable bonds is 7. The first-order valence-corrected chi connectivity index (χ1v) is 11.4. The van der Waals surface area contributed by atoms with Crippen molar-refractivity contribution in [3.63, 3.8) is 0 Å². The number of aromatic nitrogens is 4. The van der Waals surface area contributed by atoms with E-state index in [1.54, 1.807) is 36.6 Å². The minimum atomic E-state index is -3.78. The van der Waals surface area contributed by atoms with Crippen LogP contribution in [0.4, 0.5) is 11.7 Å². The normalized spacial score (nSPS) is 11.3. The fourth-order valence-corrected chi connectivity index (χ4v) is 4.70. The summed E-state index contributed by atoms with van der Waals surface area (Å²) in [6, 6.07) is 14.3. The second-order valence-corrected chi connectivity index (χ2v) is 8.66. The Balaban J connectivity index is 1.50. The lowest BCUT2D eigenvalue weighted by Gasteiger charge is -2.22. The number of nitrogens with one attached hydrogen (secondary N) is 1. The third kappa shape index (κ3) is 4.29. The van der Waals surface area contributed by atoms with Gasteiger partial charge >= 0.3 is 6.01 Å². The molecule has 0 aliphatic rings. The van der Waals surface area contributed by atoms with Crippen molar-refractivity contribution in [2.75, 3.05) is 16.2 Å². The molecule has 1 N–H and O–H groups in total. The van der Waals surface area contributed by atoms with E-state index >= 15 is 0 Å². The van der Waals surface area contributed by atoms with Gasteiger partial charge in [0, 0.05) is 17.5 Å². The highest BCUT2D eigenvalue weighted by Gasteiger charge is 2.24. The van der Waals surface area contributed by atoms with Crippen LogP contribution >= 0.6 is 11.5 Å². The van der Waals surface area contributed by atoms with Crippen LogP contribution in [0.3, 0.4) is 0 Å². The van der Waals surface area contributed by atoms with Crippen LogP contribution < -0.4 is 9.62 Å². The van der Waals surface area contributed by atoms with Crippen molar-refractivity contribution >= 4 is 39.2 Å². The van der Waals surface area contributed by atoms with Gasteiger partial charge in [-0.1, -0.05) is 27.8 Å². The molecule has 4 aromatic rings. The number of nitrogens with zero attached hydrogens (tertiary/aromatic N) is 5. The van der Waals surface area contributed by atoms with Crippen LogP contribution in [0.25, 0.3) is 11.6 Å². The van der Waals surface area contributed by atoms with Crippen LogP contribution in [0.2, 0.25) is 0 Å². The van der Waals surface area contributed by atoms with Gasteiger partial charge in [0.15, 0.2) is 5.69 Å². The van der Waals surface area contributed by atoms with E-state index in [4.69, 9.17) is 4.42 Å². The largest absolute Gasteiger partial charge is 0.401 e. The number of carbonyl (C=O) groups is 1. The summed E-state index contributed by atoms with van der Waals surface area (Å²) in [5.74, 6) is -0.392. The minimum Gasteiger partial charge on any atom is -0.401 e. The average Bonchev–Trinajstić information content (AvgIpc) is 3.47. The molecule has 0 saturated carbocycles.